The van der Waals surface area contributed by atoms with Crippen LogP contribution in [0.25, 0.3) is 0 Å². The Hall–Kier alpha value is -0.310. The van der Waals surface area contributed by atoms with Gasteiger partial charge in [-0.15, -0.1) is 0 Å². The molecule has 3 heteroatoms. The van der Waals surface area contributed by atoms with Gasteiger partial charge in [0.05, 0.1) is 0 Å². The Labute approximate surface area is 86.7 Å². The second-order valence-corrected chi connectivity index (χ2v) is 4.31. The van der Waals surface area contributed by atoms with Gasteiger partial charge in [0.2, 0.25) is 0 Å². The van der Waals surface area contributed by atoms with Gasteiger partial charge in [-0.3, -0.25) is 0 Å². The highest BCUT2D eigenvalue weighted by Gasteiger charge is 2.19. The van der Waals surface area contributed by atoms with E-state index in [9.17, 15) is 0 Å². The highest BCUT2D eigenvalue weighted by atomic mass is 32.1. The van der Waals surface area contributed by atoms with Gasteiger partial charge in [0.15, 0.2) is 5.11 Å². The number of nitrogens with zero attached hydrogens (tertiary/aromatic N) is 1. The number of hydrogen-bond acceptors (Lipinski definition) is 1. The highest BCUT2D eigenvalue weighted by Crippen LogP contribution is 2.14. The second-order valence-electron chi connectivity index (χ2n) is 3.93. The second kappa shape index (κ2) is 5.43. The molecule has 1 aliphatic rings. The van der Waals surface area contributed by atoms with Gasteiger partial charge in [-0.25, -0.2) is 0 Å². The van der Waals surface area contributed by atoms with E-state index in [4.69, 9.17) is 12.2 Å². The number of nitrogens with one attached hydrogen (secondary N) is 1. The lowest BCUT2D eigenvalue weighted by molar-refractivity contribution is 0.482. The summed E-state index contributed by atoms with van der Waals surface area (Å²) in [6.07, 6.45) is 3.73. The molecule has 0 aromatic carbocycles. The third kappa shape index (κ3) is 3.51. The fourth-order valence-electron chi connectivity index (χ4n) is 1.60. The van der Waals surface area contributed by atoms with Crippen molar-refractivity contribution in [2.75, 3.05) is 19.6 Å². The Bertz CT molecular complexity index is 170. The Kier molecular flexibility index (Phi) is 4.50. The molecule has 0 aromatic heterocycles. The van der Waals surface area contributed by atoms with Gasteiger partial charge in [-0.1, -0.05) is 20.3 Å². The molecule has 2 nitrogen and oxygen atoms in total. The Morgan fingerprint density at radius 1 is 1.62 bits per heavy atom. The third-order valence-corrected chi connectivity index (χ3v) is 2.92. The van der Waals surface area contributed by atoms with Crippen molar-refractivity contribution in [3.8, 4) is 0 Å². The fourth-order valence-corrected chi connectivity index (χ4v) is 1.87. The average Bonchev–Trinajstić information content (AvgIpc) is 2.52. The number of hydrogen-bond donors (Lipinski definition) is 1. The molecule has 0 aromatic rings. The summed E-state index contributed by atoms with van der Waals surface area (Å²) in [4.78, 5) is 2.29. The first-order valence-corrected chi connectivity index (χ1v) is 5.67. The molecule has 1 heterocycles. The van der Waals surface area contributed by atoms with E-state index in [1.54, 1.807) is 0 Å². The zero-order valence-electron chi connectivity index (χ0n) is 8.68. The maximum atomic E-state index is 5.29. The summed E-state index contributed by atoms with van der Waals surface area (Å²) < 4.78 is 0. The molecule has 0 saturated carbocycles. The predicted octanol–water partition coefficient (Wildman–Crippen LogP) is 2.00. The van der Waals surface area contributed by atoms with Gasteiger partial charge in [-0.05, 0) is 31.0 Å². The van der Waals surface area contributed by atoms with E-state index in [1.807, 2.05) is 0 Å². The van der Waals surface area contributed by atoms with Crippen LogP contribution in [0.3, 0.4) is 0 Å². The van der Waals surface area contributed by atoms with Crippen molar-refractivity contribution >= 4 is 17.3 Å². The quantitative estimate of drug-likeness (QED) is 0.554. The van der Waals surface area contributed by atoms with Gasteiger partial charge >= 0.3 is 0 Å². The normalized spacial score (nSPS) is 22.0. The van der Waals surface area contributed by atoms with Crippen LogP contribution < -0.4 is 5.32 Å². The van der Waals surface area contributed by atoms with Gasteiger partial charge in [0.25, 0.3) is 0 Å². The minimum absolute atomic E-state index is 0.811. The summed E-state index contributed by atoms with van der Waals surface area (Å²) >= 11 is 5.29. The van der Waals surface area contributed by atoms with Crippen LogP contribution in [0.5, 0.6) is 0 Å². The van der Waals surface area contributed by atoms with Crippen molar-refractivity contribution in [2.45, 2.75) is 33.1 Å². The van der Waals surface area contributed by atoms with Crippen LogP contribution in [-0.4, -0.2) is 29.6 Å². The van der Waals surface area contributed by atoms with Crippen molar-refractivity contribution < 1.29 is 0 Å². The molecule has 0 radical (unpaired) electrons. The van der Waals surface area contributed by atoms with Crippen molar-refractivity contribution in [3.63, 3.8) is 0 Å². The van der Waals surface area contributed by atoms with Crippen molar-refractivity contribution in [3.05, 3.63) is 0 Å². The summed E-state index contributed by atoms with van der Waals surface area (Å²) in [7, 11) is 0. The molecule has 13 heavy (non-hydrogen) atoms. The molecular weight excluding hydrogens is 180 g/mol. The van der Waals surface area contributed by atoms with Crippen molar-refractivity contribution in [2.24, 2.45) is 5.92 Å². The van der Waals surface area contributed by atoms with Crippen LogP contribution in [0.1, 0.15) is 33.1 Å². The molecule has 1 N–H and O–H groups in total. The van der Waals surface area contributed by atoms with Crippen LogP contribution >= 0.6 is 12.2 Å². The monoisotopic (exact) mass is 200 g/mol. The Morgan fingerprint density at radius 2 is 2.38 bits per heavy atom. The molecule has 0 aliphatic carbocycles. The standard InChI is InChI=1S/C10H20N2S/c1-3-4-6-11-10(13)12-7-5-9(2)8-12/h9H,3-8H2,1-2H3,(H,11,13). The Morgan fingerprint density at radius 3 is 2.92 bits per heavy atom. The molecule has 0 spiro atoms. The van der Waals surface area contributed by atoms with Crippen LogP contribution in [0.15, 0.2) is 0 Å². The minimum Gasteiger partial charge on any atom is -0.363 e. The average molecular weight is 200 g/mol. The molecule has 0 bridgehead atoms. The van der Waals surface area contributed by atoms with E-state index < -0.39 is 0 Å². The predicted molar refractivity (Wildman–Crippen MR) is 60.9 cm³/mol. The van der Waals surface area contributed by atoms with Crippen LogP contribution in [0, 0.1) is 5.92 Å². The van der Waals surface area contributed by atoms with Crippen LogP contribution in [-0.2, 0) is 0 Å². The van der Waals surface area contributed by atoms with Crippen molar-refractivity contribution in [1.82, 2.24) is 10.2 Å². The van der Waals surface area contributed by atoms with Gasteiger partial charge < -0.3 is 10.2 Å². The summed E-state index contributed by atoms with van der Waals surface area (Å²) in [5, 5.41) is 4.26. The van der Waals surface area contributed by atoms with E-state index in [2.05, 4.69) is 24.1 Å². The SMILES string of the molecule is CCCCNC(=S)N1CCC(C)C1. The van der Waals surface area contributed by atoms with E-state index >= 15 is 0 Å². The highest BCUT2D eigenvalue weighted by molar-refractivity contribution is 7.80. The number of thiocarbonyl (C=S) groups is 1. The number of unbranched alkanes of at least 4 members (excludes halogenated alkanes) is 1. The molecule has 1 saturated heterocycles. The van der Waals surface area contributed by atoms with Gasteiger partial charge in [-0.2, -0.15) is 0 Å². The molecule has 1 unspecified atom stereocenters. The molecule has 0 amide bonds. The summed E-state index contributed by atoms with van der Waals surface area (Å²) in [5.74, 6) is 0.811. The summed E-state index contributed by atoms with van der Waals surface area (Å²) in [5.41, 5.74) is 0. The number of rotatable bonds is 3. The first-order chi connectivity index (χ1) is 6.24. The molecular formula is C10H20N2S. The lowest BCUT2D eigenvalue weighted by Crippen LogP contribution is -2.38. The maximum Gasteiger partial charge on any atom is 0.168 e. The van der Waals surface area contributed by atoms with E-state index in [0.29, 0.717) is 0 Å². The first kappa shape index (κ1) is 10.8. The molecule has 1 atom stereocenters. The van der Waals surface area contributed by atoms with E-state index in [0.717, 1.165) is 30.7 Å². The number of likely N-dealkylation sites (tertiary alicyclic amines) is 1. The van der Waals surface area contributed by atoms with Crippen LogP contribution in [0.4, 0.5) is 0 Å². The van der Waals surface area contributed by atoms with E-state index in [1.165, 1.54) is 19.3 Å². The largest absolute Gasteiger partial charge is 0.363 e. The molecule has 1 aliphatic heterocycles. The third-order valence-electron chi connectivity index (χ3n) is 2.52. The zero-order valence-corrected chi connectivity index (χ0v) is 9.49. The fraction of sp³-hybridized carbons (Fsp3) is 0.900. The van der Waals surface area contributed by atoms with Crippen molar-refractivity contribution in [1.29, 1.82) is 0 Å². The minimum atomic E-state index is 0.811. The van der Waals surface area contributed by atoms with E-state index in [-0.39, 0.29) is 0 Å². The lowest BCUT2D eigenvalue weighted by Gasteiger charge is -2.19. The first-order valence-electron chi connectivity index (χ1n) is 5.26. The maximum absolute atomic E-state index is 5.29. The topological polar surface area (TPSA) is 15.3 Å². The summed E-state index contributed by atoms with van der Waals surface area (Å²) in [6.45, 7) is 7.79. The van der Waals surface area contributed by atoms with Gasteiger partial charge in [0.1, 0.15) is 0 Å². The molecule has 1 fully saturated rings. The van der Waals surface area contributed by atoms with Gasteiger partial charge in [0, 0.05) is 19.6 Å². The summed E-state index contributed by atoms with van der Waals surface area (Å²) in [6, 6.07) is 0. The smallest absolute Gasteiger partial charge is 0.168 e. The lowest BCUT2D eigenvalue weighted by atomic mass is 10.2. The Balaban J connectivity index is 2.16. The molecule has 76 valence electrons. The molecule has 1 rings (SSSR count). The van der Waals surface area contributed by atoms with Crippen LogP contribution in [0.2, 0.25) is 0 Å². The zero-order chi connectivity index (χ0) is 9.68.